The average Bonchev–Trinajstić information content (AvgIpc) is 3.13. The van der Waals surface area contributed by atoms with Gasteiger partial charge in [-0.25, -0.2) is 0 Å². The van der Waals surface area contributed by atoms with Gasteiger partial charge >= 0.3 is 0 Å². The van der Waals surface area contributed by atoms with Crippen LogP contribution in [0.2, 0.25) is 0 Å². The van der Waals surface area contributed by atoms with Crippen molar-refractivity contribution < 1.29 is 19.0 Å². The van der Waals surface area contributed by atoms with E-state index in [1.807, 2.05) is 54.4 Å². The average molecular weight is 397 g/mol. The molecule has 7 heteroatoms. The number of likely N-dealkylation sites (N-methyl/N-ethyl adjacent to an activating group) is 1. The summed E-state index contributed by atoms with van der Waals surface area (Å²) in [5.74, 6) is 2.04. The van der Waals surface area contributed by atoms with Crippen molar-refractivity contribution in [1.82, 2.24) is 15.5 Å². The van der Waals surface area contributed by atoms with Crippen molar-refractivity contribution in [2.24, 2.45) is 0 Å². The Morgan fingerprint density at radius 1 is 1.10 bits per heavy atom. The molecule has 2 aliphatic rings. The number of carbonyl (C=O) groups excluding carboxylic acids is 1. The van der Waals surface area contributed by atoms with Gasteiger partial charge in [-0.05, 0) is 42.4 Å². The number of ether oxygens (including phenoxy) is 3. The van der Waals surface area contributed by atoms with E-state index < -0.39 is 0 Å². The second-order valence-electron chi connectivity index (χ2n) is 7.59. The van der Waals surface area contributed by atoms with Crippen LogP contribution in [0, 0.1) is 0 Å². The number of nitrogens with zero attached hydrogens (tertiary/aromatic N) is 1. The standard InChI is InChI=1S/C22H27N3O4/c1-25-12-15-6-7-19(27-2)20(9-15)29-17-5-3-4-16(8-17)14-28-21-11-23-10-18(21)24-22(26)13-25/h3-9,18,21,23H,10-14H2,1-2H3,(H,24,26)/t18-,21-/m0/s1. The molecule has 2 atom stereocenters. The largest absolute Gasteiger partial charge is 0.493 e. The number of rotatable bonds is 1. The van der Waals surface area contributed by atoms with Gasteiger partial charge in [-0.2, -0.15) is 0 Å². The molecule has 1 saturated heterocycles. The summed E-state index contributed by atoms with van der Waals surface area (Å²) in [5, 5.41) is 6.41. The van der Waals surface area contributed by atoms with Crippen molar-refractivity contribution in [1.29, 1.82) is 0 Å². The number of hydrogen-bond donors (Lipinski definition) is 2. The highest BCUT2D eigenvalue weighted by molar-refractivity contribution is 5.78. The molecule has 2 aromatic carbocycles. The number of amides is 1. The summed E-state index contributed by atoms with van der Waals surface area (Å²) in [7, 11) is 3.55. The van der Waals surface area contributed by atoms with E-state index in [4.69, 9.17) is 14.2 Å². The van der Waals surface area contributed by atoms with Gasteiger partial charge in [0.1, 0.15) is 5.75 Å². The van der Waals surface area contributed by atoms with E-state index in [0.717, 1.165) is 23.4 Å². The minimum Gasteiger partial charge on any atom is -0.493 e. The predicted molar refractivity (Wildman–Crippen MR) is 109 cm³/mol. The Hall–Kier alpha value is -2.61. The summed E-state index contributed by atoms with van der Waals surface area (Å²) in [6, 6.07) is 13.7. The minimum absolute atomic E-state index is 0.00567. The zero-order chi connectivity index (χ0) is 20.2. The molecule has 0 radical (unpaired) electrons. The van der Waals surface area contributed by atoms with Crippen LogP contribution in [0.15, 0.2) is 42.5 Å². The van der Waals surface area contributed by atoms with E-state index in [1.54, 1.807) is 7.11 Å². The second kappa shape index (κ2) is 8.82. The summed E-state index contributed by atoms with van der Waals surface area (Å²) in [5.41, 5.74) is 2.06. The van der Waals surface area contributed by atoms with Gasteiger partial charge in [0.25, 0.3) is 0 Å². The molecule has 2 aliphatic heterocycles. The van der Waals surface area contributed by atoms with Crippen LogP contribution in [-0.4, -0.2) is 56.7 Å². The van der Waals surface area contributed by atoms with E-state index in [0.29, 0.717) is 37.7 Å². The molecule has 1 fully saturated rings. The van der Waals surface area contributed by atoms with Gasteiger partial charge in [0, 0.05) is 19.6 Å². The molecule has 4 rings (SSSR count). The number of methoxy groups -OCH3 is 1. The molecule has 2 heterocycles. The first kappa shape index (κ1) is 19.7. The van der Waals surface area contributed by atoms with Crippen LogP contribution in [0.4, 0.5) is 0 Å². The van der Waals surface area contributed by atoms with Crippen LogP contribution in [0.25, 0.3) is 0 Å². The lowest BCUT2D eigenvalue weighted by molar-refractivity contribution is -0.123. The smallest absolute Gasteiger partial charge is 0.234 e. The summed E-state index contributed by atoms with van der Waals surface area (Å²) in [4.78, 5) is 14.5. The summed E-state index contributed by atoms with van der Waals surface area (Å²) in [6.07, 6.45) is -0.0606. The van der Waals surface area contributed by atoms with Gasteiger partial charge < -0.3 is 24.8 Å². The van der Waals surface area contributed by atoms with Crippen molar-refractivity contribution in [3.63, 3.8) is 0 Å². The Morgan fingerprint density at radius 2 is 2.00 bits per heavy atom. The summed E-state index contributed by atoms with van der Waals surface area (Å²) in [6.45, 7) is 2.82. The molecule has 0 saturated carbocycles. The highest BCUT2D eigenvalue weighted by atomic mass is 16.5. The first-order chi connectivity index (χ1) is 14.1. The maximum Gasteiger partial charge on any atom is 0.234 e. The topological polar surface area (TPSA) is 72.1 Å². The van der Waals surface area contributed by atoms with Gasteiger partial charge in [-0.3, -0.25) is 9.69 Å². The zero-order valence-corrected chi connectivity index (χ0v) is 16.8. The molecule has 0 spiro atoms. The molecule has 0 aliphatic carbocycles. The van der Waals surface area contributed by atoms with E-state index in [-0.39, 0.29) is 18.1 Å². The molecular formula is C22H27N3O4. The van der Waals surface area contributed by atoms with Crippen LogP contribution in [-0.2, 0) is 22.7 Å². The maximum atomic E-state index is 12.5. The molecule has 1 amide bonds. The fourth-order valence-electron chi connectivity index (χ4n) is 3.77. The van der Waals surface area contributed by atoms with Crippen molar-refractivity contribution in [3.8, 4) is 17.2 Å². The Labute approximate surface area is 170 Å². The molecule has 4 bridgehead atoms. The highest BCUT2D eigenvalue weighted by Gasteiger charge is 2.29. The van der Waals surface area contributed by atoms with Crippen LogP contribution >= 0.6 is 0 Å². The van der Waals surface area contributed by atoms with E-state index in [2.05, 4.69) is 10.6 Å². The van der Waals surface area contributed by atoms with E-state index >= 15 is 0 Å². The molecular weight excluding hydrogens is 370 g/mol. The third-order valence-electron chi connectivity index (χ3n) is 5.19. The summed E-state index contributed by atoms with van der Waals surface area (Å²) < 4.78 is 17.7. The predicted octanol–water partition coefficient (Wildman–Crippen LogP) is 1.91. The Kier molecular flexibility index (Phi) is 5.99. The Bertz CT molecular complexity index is 873. The molecule has 2 N–H and O–H groups in total. The van der Waals surface area contributed by atoms with Crippen molar-refractivity contribution in [2.75, 3.05) is 33.8 Å². The molecule has 2 aromatic rings. The monoisotopic (exact) mass is 397 g/mol. The Morgan fingerprint density at radius 3 is 2.86 bits per heavy atom. The quantitative estimate of drug-likeness (QED) is 0.766. The van der Waals surface area contributed by atoms with E-state index in [1.165, 1.54) is 0 Å². The van der Waals surface area contributed by atoms with Crippen LogP contribution < -0.4 is 20.1 Å². The van der Waals surface area contributed by atoms with Crippen molar-refractivity contribution in [2.45, 2.75) is 25.3 Å². The van der Waals surface area contributed by atoms with Crippen LogP contribution in [0.5, 0.6) is 17.2 Å². The van der Waals surface area contributed by atoms with Crippen molar-refractivity contribution >= 4 is 5.91 Å². The first-order valence-electron chi connectivity index (χ1n) is 9.84. The number of fused-ring (bicyclic) bond motifs is 5. The molecule has 0 aromatic heterocycles. The van der Waals surface area contributed by atoms with Gasteiger partial charge in [-0.1, -0.05) is 18.2 Å². The lowest BCUT2D eigenvalue weighted by Gasteiger charge is -2.23. The van der Waals surface area contributed by atoms with Gasteiger partial charge in [0.05, 0.1) is 32.4 Å². The number of nitrogens with one attached hydrogen (secondary N) is 2. The van der Waals surface area contributed by atoms with Crippen LogP contribution in [0.3, 0.4) is 0 Å². The lowest BCUT2D eigenvalue weighted by Crippen LogP contribution is -2.47. The lowest BCUT2D eigenvalue weighted by atomic mass is 10.1. The molecule has 29 heavy (non-hydrogen) atoms. The summed E-state index contributed by atoms with van der Waals surface area (Å²) >= 11 is 0. The zero-order valence-electron chi connectivity index (χ0n) is 16.8. The van der Waals surface area contributed by atoms with Crippen molar-refractivity contribution in [3.05, 3.63) is 53.6 Å². The van der Waals surface area contributed by atoms with Gasteiger partial charge in [0.15, 0.2) is 11.5 Å². The van der Waals surface area contributed by atoms with Crippen LogP contribution in [0.1, 0.15) is 11.1 Å². The third kappa shape index (κ3) is 4.87. The number of hydrogen-bond acceptors (Lipinski definition) is 6. The SMILES string of the molecule is COc1ccc2cc1Oc1cccc(c1)CO[C@H]1CNC[C@@H]1NC(=O)CN(C)C2. The van der Waals surface area contributed by atoms with Gasteiger partial charge in [-0.15, -0.1) is 0 Å². The molecule has 0 unspecified atom stereocenters. The molecule has 154 valence electrons. The normalized spacial score (nSPS) is 23.0. The fraction of sp³-hybridized carbons (Fsp3) is 0.409. The van der Waals surface area contributed by atoms with Gasteiger partial charge in [0.2, 0.25) is 5.91 Å². The minimum atomic E-state index is -0.0606. The highest BCUT2D eigenvalue weighted by Crippen LogP contribution is 2.33. The Balaban J connectivity index is 1.64. The third-order valence-corrected chi connectivity index (χ3v) is 5.19. The number of benzene rings is 2. The number of carbonyl (C=O) groups is 1. The first-order valence-corrected chi connectivity index (χ1v) is 9.84. The maximum absolute atomic E-state index is 12.5. The second-order valence-corrected chi connectivity index (χ2v) is 7.59. The molecule has 7 nitrogen and oxygen atoms in total. The van der Waals surface area contributed by atoms with E-state index in [9.17, 15) is 4.79 Å². The fourth-order valence-corrected chi connectivity index (χ4v) is 3.77.